The van der Waals surface area contributed by atoms with Gasteiger partial charge in [0.15, 0.2) is 0 Å². The number of halogens is 1. The van der Waals surface area contributed by atoms with Gasteiger partial charge in [-0.1, -0.05) is 0 Å². The number of ether oxygens (including phenoxy) is 2. The molecule has 0 aromatic carbocycles. The number of hydrogen-bond donors (Lipinski definition) is 5. The molecule has 6 N–H and O–H groups in total. The molecule has 3 rings (SSSR count). The Labute approximate surface area is 366 Å². The molecule has 3 heterocycles. The predicted octanol–water partition coefficient (Wildman–Crippen LogP) is 2.78. The van der Waals surface area contributed by atoms with E-state index in [1.807, 2.05) is 20.8 Å². The van der Waals surface area contributed by atoms with Crippen LogP contribution in [0.4, 0.5) is 0 Å². The van der Waals surface area contributed by atoms with Crippen molar-refractivity contribution in [2.24, 2.45) is 5.73 Å². The summed E-state index contributed by atoms with van der Waals surface area (Å²) in [5.41, 5.74) is 1.12. The number of nitrogens with one attached hydrogen (secondary N) is 2. The molecule has 0 unspecified atom stereocenters. The van der Waals surface area contributed by atoms with Gasteiger partial charge in [-0.25, -0.2) is 9.59 Å². The summed E-state index contributed by atoms with van der Waals surface area (Å²) in [7, 11) is 0. The third kappa shape index (κ3) is 25.8. The minimum atomic E-state index is -1.31. The van der Waals surface area contributed by atoms with Crippen LogP contribution < -0.4 is 16.4 Å². The van der Waals surface area contributed by atoms with Crippen LogP contribution in [0, 0.1) is 0 Å². The molecule has 0 aliphatic carbocycles. The van der Waals surface area contributed by atoms with Gasteiger partial charge in [-0.3, -0.25) is 33.6 Å². The fourth-order valence-corrected chi connectivity index (χ4v) is 5.29. The van der Waals surface area contributed by atoms with Gasteiger partial charge >= 0.3 is 23.9 Å². The van der Waals surface area contributed by atoms with Gasteiger partial charge < -0.3 is 50.8 Å². The normalized spacial score (nSPS) is 16.1. The van der Waals surface area contributed by atoms with Gasteiger partial charge in [-0.2, -0.15) is 0 Å². The number of piperidine rings is 3. The van der Waals surface area contributed by atoms with E-state index in [9.17, 15) is 43.2 Å². The summed E-state index contributed by atoms with van der Waals surface area (Å²) in [6, 6.07) is 0. The first-order valence-corrected chi connectivity index (χ1v) is 20.3. The second-order valence-electron chi connectivity index (χ2n) is 18.6. The smallest absolute Gasteiger partial charge is 0.331 e. The Morgan fingerprint density at radius 1 is 0.541 bits per heavy atom. The van der Waals surface area contributed by atoms with Crippen LogP contribution in [0.1, 0.15) is 141 Å². The third-order valence-electron chi connectivity index (χ3n) is 8.53. The van der Waals surface area contributed by atoms with E-state index in [2.05, 4.69) is 10.6 Å². The molecule has 0 aromatic rings. The summed E-state index contributed by atoms with van der Waals surface area (Å²) in [6.45, 7) is 21.6. The van der Waals surface area contributed by atoms with Gasteiger partial charge in [0.1, 0.15) is 34.4 Å². The van der Waals surface area contributed by atoms with Crippen LogP contribution in [0.3, 0.4) is 0 Å². The van der Waals surface area contributed by atoms with E-state index >= 15 is 0 Å². The van der Waals surface area contributed by atoms with Crippen LogP contribution in [0.25, 0.3) is 0 Å². The molecule has 0 bridgehead atoms. The zero-order valence-electron chi connectivity index (χ0n) is 38.3. The van der Waals surface area contributed by atoms with E-state index in [4.69, 9.17) is 25.4 Å². The predicted molar refractivity (Wildman–Crippen MR) is 228 cm³/mol. The van der Waals surface area contributed by atoms with Crippen LogP contribution >= 0.6 is 12.4 Å². The van der Waals surface area contributed by atoms with E-state index in [0.717, 1.165) is 38.5 Å². The average molecular weight is 894 g/mol. The maximum atomic E-state index is 12.1. The van der Waals surface area contributed by atoms with Crippen molar-refractivity contribution in [3.63, 3.8) is 0 Å². The number of amides is 5. The molecule has 3 aliphatic rings. The quantitative estimate of drug-likeness (QED) is 0.187. The molecule has 0 aromatic heterocycles. The van der Waals surface area contributed by atoms with Crippen LogP contribution in [-0.4, -0.2) is 145 Å². The Balaban J connectivity index is 0. The number of carboxylic acid groups (broad SMARTS) is 2. The topological polar surface area (TPSA) is 272 Å². The van der Waals surface area contributed by atoms with Gasteiger partial charge in [0.05, 0.1) is 13.1 Å². The second kappa shape index (κ2) is 25.4. The van der Waals surface area contributed by atoms with Gasteiger partial charge in [-0.05, 0) is 122 Å². The molecular weight excluding hydrogens is 820 g/mol. The number of carbonyl (C=O) groups excluding carboxylic acids is 7. The van der Waals surface area contributed by atoms with Gasteiger partial charge in [0, 0.05) is 38.9 Å². The molecule has 3 aliphatic heterocycles. The Kier molecular flexibility index (Phi) is 24.4. The van der Waals surface area contributed by atoms with E-state index < -0.39 is 51.6 Å². The first-order chi connectivity index (χ1) is 27.2. The van der Waals surface area contributed by atoms with Crippen molar-refractivity contribution in [2.75, 3.05) is 39.3 Å². The molecule has 352 valence electrons. The molecular formula is C41H73ClN6O13. The zero-order valence-corrected chi connectivity index (χ0v) is 39.1. The first-order valence-electron chi connectivity index (χ1n) is 20.3. The van der Waals surface area contributed by atoms with Gasteiger partial charge in [0.25, 0.3) is 0 Å². The molecule has 0 atom stereocenters. The van der Waals surface area contributed by atoms with Crippen molar-refractivity contribution in [1.29, 1.82) is 0 Å². The largest absolute Gasteiger partial charge is 0.480 e. The first kappa shape index (κ1) is 58.6. The molecule has 61 heavy (non-hydrogen) atoms. The number of carbonyl (C=O) groups is 9. The number of hydrogen-bond acceptors (Lipinski definition) is 12. The molecule has 0 radical (unpaired) electrons. The molecule has 0 saturated carbocycles. The van der Waals surface area contributed by atoms with E-state index in [1.54, 1.807) is 48.5 Å². The fourth-order valence-electron chi connectivity index (χ4n) is 5.29. The highest BCUT2D eigenvalue weighted by atomic mass is 35.5. The summed E-state index contributed by atoms with van der Waals surface area (Å²) >= 11 is 0. The SMILES string of the molecule is CC(C)(C)OC(=O)C(C)(C)N.CC(C)(C)OC(=O)C(C)(C)NC(=O)CN1CCCCC1=O.CC(C)(NC(=O)CN1CCCCC1=O)C(=O)O.Cl.O=C(O)CN1CCCCC1=O. The number of carboxylic acids is 2. The summed E-state index contributed by atoms with van der Waals surface area (Å²) in [6.07, 6.45) is 6.83. The van der Waals surface area contributed by atoms with E-state index in [-0.39, 0.29) is 61.6 Å². The number of likely N-dealkylation sites (tertiary alicyclic amines) is 3. The van der Waals surface area contributed by atoms with Gasteiger partial charge in [0.2, 0.25) is 29.5 Å². The Hall–Kier alpha value is -4.52. The molecule has 20 heteroatoms. The van der Waals surface area contributed by atoms with E-state index in [0.29, 0.717) is 38.9 Å². The average Bonchev–Trinajstić information content (AvgIpc) is 3.06. The highest BCUT2D eigenvalue weighted by molar-refractivity contribution is 5.91. The maximum absolute atomic E-state index is 12.1. The molecule has 0 spiro atoms. The number of rotatable bonds is 11. The molecule has 3 fully saturated rings. The highest BCUT2D eigenvalue weighted by Crippen LogP contribution is 2.16. The summed E-state index contributed by atoms with van der Waals surface area (Å²) in [4.78, 5) is 106. The number of nitrogens with zero attached hydrogens (tertiary/aromatic N) is 3. The molecule has 5 amide bonds. The van der Waals surface area contributed by atoms with Crippen LogP contribution in [0.5, 0.6) is 0 Å². The summed E-state index contributed by atoms with van der Waals surface area (Å²) in [5.74, 6) is -3.76. The number of esters is 2. The van der Waals surface area contributed by atoms with Gasteiger partial charge in [-0.15, -0.1) is 12.4 Å². The van der Waals surface area contributed by atoms with Crippen LogP contribution in [-0.2, 0) is 52.6 Å². The lowest BCUT2D eigenvalue weighted by Crippen LogP contribution is -2.55. The minimum Gasteiger partial charge on any atom is -0.480 e. The van der Waals surface area contributed by atoms with Crippen molar-refractivity contribution in [3.8, 4) is 0 Å². The standard InChI is InChI=1S/C15H26N2O4.C11H18N2O4.C8H17NO2.C7H11NO3.ClH/c1-14(2,3)21-13(20)15(4,5)16-11(18)10-17-9-7-6-8-12(17)19;1-11(2,10(16)17)12-8(14)7-13-6-4-3-5-9(13)15;1-7(2,3)11-6(10)8(4,5)9;9-6-3-1-2-4-8(6)5-7(10)11;/h6-10H2,1-5H3,(H,16,18);3-7H2,1-2H3,(H,12,14)(H,16,17);9H2,1-5H3;1-5H2,(H,10,11);1H. The Morgan fingerprint density at radius 2 is 0.852 bits per heavy atom. The lowest BCUT2D eigenvalue weighted by atomic mass is 10.0. The Morgan fingerprint density at radius 3 is 1.11 bits per heavy atom. The Bertz CT molecular complexity index is 1530. The number of nitrogens with two attached hydrogens (primary N) is 1. The molecule has 19 nitrogen and oxygen atoms in total. The zero-order chi connectivity index (χ0) is 46.9. The van der Waals surface area contributed by atoms with Crippen LogP contribution in [0.15, 0.2) is 0 Å². The van der Waals surface area contributed by atoms with Crippen molar-refractivity contribution < 1.29 is 62.8 Å². The fraction of sp³-hybridized carbons (Fsp3) is 0.780. The number of aliphatic carboxylic acids is 2. The van der Waals surface area contributed by atoms with E-state index in [1.165, 1.54) is 28.5 Å². The van der Waals surface area contributed by atoms with Crippen molar-refractivity contribution >= 4 is 65.8 Å². The highest BCUT2D eigenvalue weighted by Gasteiger charge is 2.35. The summed E-state index contributed by atoms with van der Waals surface area (Å²) < 4.78 is 10.3. The minimum absolute atomic E-state index is 0. The lowest BCUT2D eigenvalue weighted by molar-refractivity contribution is -0.163. The third-order valence-corrected chi connectivity index (χ3v) is 8.53. The monoisotopic (exact) mass is 892 g/mol. The van der Waals surface area contributed by atoms with Crippen molar-refractivity contribution in [1.82, 2.24) is 25.3 Å². The van der Waals surface area contributed by atoms with Crippen molar-refractivity contribution in [3.05, 3.63) is 0 Å². The maximum Gasteiger partial charge on any atom is 0.331 e. The molecule has 3 saturated heterocycles. The second-order valence-corrected chi connectivity index (χ2v) is 18.6. The van der Waals surface area contributed by atoms with Crippen molar-refractivity contribution in [2.45, 2.75) is 169 Å². The summed E-state index contributed by atoms with van der Waals surface area (Å²) in [5, 5.41) is 22.3. The van der Waals surface area contributed by atoms with Crippen LogP contribution in [0.2, 0.25) is 0 Å². The lowest BCUT2D eigenvalue weighted by Gasteiger charge is -2.31.